The molecular weight excluding hydrogens is 476 g/mol. The lowest BCUT2D eigenvalue weighted by molar-refractivity contribution is -0.384. The molecule has 2 amide bonds. The fraction of sp³-hybridized carbons (Fsp3) is 0.105. The van der Waals surface area contributed by atoms with E-state index in [1.165, 1.54) is 24.3 Å². The number of ether oxygens (including phenoxy) is 1. The van der Waals surface area contributed by atoms with Gasteiger partial charge in [0.1, 0.15) is 5.75 Å². The lowest BCUT2D eigenvalue weighted by atomic mass is 10.2. The van der Waals surface area contributed by atoms with E-state index in [9.17, 15) is 19.7 Å². The Kier molecular flexibility index (Phi) is 8.44. The summed E-state index contributed by atoms with van der Waals surface area (Å²) in [7, 11) is 0. The number of halogens is 1. The van der Waals surface area contributed by atoms with Crippen LogP contribution in [0.15, 0.2) is 53.0 Å². The third kappa shape index (κ3) is 7.60. The molecule has 2 aromatic carbocycles. The van der Waals surface area contributed by atoms with E-state index in [-0.39, 0.29) is 17.4 Å². The summed E-state index contributed by atoms with van der Waals surface area (Å²) in [6.45, 7) is 1.60. The van der Waals surface area contributed by atoms with Gasteiger partial charge in [0.2, 0.25) is 5.91 Å². The number of benzene rings is 2. The van der Waals surface area contributed by atoms with Crippen molar-refractivity contribution >= 4 is 56.8 Å². The molecule has 0 saturated heterocycles. The Morgan fingerprint density at radius 3 is 2.70 bits per heavy atom. The molecule has 0 heterocycles. The highest BCUT2D eigenvalue weighted by molar-refractivity contribution is 9.10. The van der Waals surface area contributed by atoms with E-state index in [0.29, 0.717) is 11.3 Å². The molecule has 0 aliphatic carbocycles. The Bertz CT molecular complexity index is 1010. The summed E-state index contributed by atoms with van der Waals surface area (Å²) >= 11 is 8.26. The number of carbonyl (C=O) groups excluding carboxylic acids is 2. The lowest BCUT2D eigenvalue weighted by Crippen LogP contribution is -2.49. The number of aryl methyl sites for hydroxylation is 1. The Morgan fingerprint density at radius 2 is 2.00 bits per heavy atom. The van der Waals surface area contributed by atoms with Gasteiger partial charge in [-0.25, -0.2) is 0 Å². The average Bonchev–Trinajstić information content (AvgIpc) is 2.70. The molecule has 156 valence electrons. The van der Waals surface area contributed by atoms with E-state index >= 15 is 0 Å². The van der Waals surface area contributed by atoms with E-state index < -0.39 is 16.7 Å². The molecule has 0 aliphatic heterocycles. The van der Waals surface area contributed by atoms with Crippen LogP contribution in [-0.2, 0) is 9.59 Å². The molecule has 0 unspecified atom stereocenters. The van der Waals surface area contributed by atoms with Crippen LogP contribution in [0.4, 0.5) is 5.69 Å². The van der Waals surface area contributed by atoms with Crippen molar-refractivity contribution in [1.29, 1.82) is 0 Å². The number of nitrogens with zero attached hydrogens (tertiary/aromatic N) is 1. The quantitative estimate of drug-likeness (QED) is 0.245. The maximum absolute atomic E-state index is 11.9. The third-order valence-electron chi connectivity index (χ3n) is 3.56. The van der Waals surface area contributed by atoms with Crippen molar-refractivity contribution in [3.8, 4) is 5.75 Å². The van der Waals surface area contributed by atoms with Crippen molar-refractivity contribution in [2.45, 2.75) is 6.92 Å². The number of rotatable bonds is 6. The maximum Gasteiger partial charge on any atom is 0.276 e. The molecule has 11 heteroatoms. The number of hydrazine groups is 1. The van der Waals surface area contributed by atoms with Gasteiger partial charge < -0.3 is 4.74 Å². The molecule has 2 rings (SSSR count). The van der Waals surface area contributed by atoms with E-state index in [1.807, 2.05) is 13.0 Å². The van der Waals surface area contributed by atoms with Crippen LogP contribution in [0.5, 0.6) is 5.75 Å². The SMILES string of the molecule is Cc1cc(Br)ccc1OCC(=O)NNC(=S)NC(=O)/C=C/c1cccc([N+](=O)[O-])c1. The van der Waals surface area contributed by atoms with Gasteiger partial charge in [0.05, 0.1) is 4.92 Å². The summed E-state index contributed by atoms with van der Waals surface area (Å²) in [5, 5.41) is 13.0. The van der Waals surface area contributed by atoms with Crippen LogP contribution in [-0.4, -0.2) is 28.5 Å². The van der Waals surface area contributed by atoms with E-state index in [4.69, 9.17) is 17.0 Å². The summed E-state index contributed by atoms with van der Waals surface area (Å²) in [4.78, 5) is 33.9. The second-order valence-corrected chi connectivity index (χ2v) is 7.20. The van der Waals surface area contributed by atoms with Crippen LogP contribution in [0.1, 0.15) is 11.1 Å². The zero-order valence-electron chi connectivity index (χ0n) is 15.7. The summed E-state index contributed by atoms with van der Waals surface area (Å²) in [5.74, 6) is -0.508. The first-order chi connectivity index (χ1) is 14.2. The van der Waals surface area contributed by atoms with Crippen LogP contribution in [0.3, 0.4) is 0 Å². The second kappa shape index (κ2) is 11.0. The van der Waals surface area contributed by atoms with Crippen molar-refractivity contribution in [1.82, 2.24) is 16.2 Å². The average molecular weight is 493 g/mol. The van der Waals surface area contributed by atoms with Gasteiger partial charge >= 0.3 is 0 Å². The van der Waals surface area contributed by atoms with Crippen molar-refractivity contribution in [2.24, 2.45) is 0 Å². The fourth-order valence-electron chi connectivity index (χ4n) is 2.18. The Balaban J connectivity index is 1.75. The van der Waals surface area contributed by atoms with Gasteiger partial charge in [-0.15, -0.1) is 0 Å². The lowest BCUT2D eigenvalue weighted by Gasteiger charge is -2.11. The number of nitro benzene ring substituents is 1. The maximum atomic E-state index is 11.9. The molecule has 0 aromatic heterocycles. The fourth-order valence-corrected chi connectivity index (χ4v) is 2.81. The first kappa shape index (κ1) is 23.0. The van der Waals surface area contributed by atoms with Gasteiger partial charge in [0.25, 0.3) is 11.6 Å². The van der Waals surface area contributed by atoms with Crippen LogP contribution < -0.4 is 20.9 Å². The first-order valence-corrected chi connectivity index (χ1v) is 9.66. The van der Waals surface area contributed by atoms with Gasteiger partial charge in [0, 0.05) is 22.7 Å². The van der Waals surface area contributed by atoms with E-state index in [2.05, 4.69) is 32.1 Å². The minimum absolute atomic E-state index is 0.0852. The molecule has 9 nitrogen and oxygen atoms in total. The van der Waals surface area contributed by atoms with Crippen molar-refractivity contribution < 1.29 is 19.2 Å². The van der Waals surface area contributed by atoms with Crippen molar-refractivity contribution in [3.05, 3.63) is 74.3 Å². The highest BCUT2D eigenvalue weighted by Gasteiger charge is 2.07. The molecule has 0 saturated carbocycles. The molecule has 0 radical (unpaired) electrons. The molecule has 0 bridgehead atoms. The zero-order valence-corrected chi connectivity index (χ0v) is 18.1. The predicted octanol–water partition coefficient (Wildman–Crippen LogP) is 2.78. The zero-order chi connectivity index (χ0) is 22.1. The van der Waals surface area contributed by atoms with Crippen LogP contribution in [0.25, 0.3) is 6.08 Å². The number of amides is 2. The normalized spacial score (nSPS) is 10.3. The van der Waals surface area contributed by atoms with Gasteiger partial charge in [-0.2, -0.15) is 0 Å². The van der Waals surface area contributed by atoms with Crippen LogP contribution in [0, 0.1) is 17.0 Å². The molecule has 0 fully saturated rings. The molecule has 0 spiro atoms. The highest BCUT2D eigenvalue weighted by Crippen LogP contribution is 2.21. The summed E-state index contributed by atoms with van der Waals surface area (Å²) in [6.07, 6.45) is 2.56. The van der Waals surface area contributed by atoms with Crippen molar-refractivity contribution in [3.63, 3.8) is 0 Å². The number of carbonyl (C=O) groups is 2. The number of non-ortho nitro benzene ring substituents is 1. The van der Waals surface area contributed by atoms with E-state index in [0.717, 1.165) is 16.1 Å². The number of thiocarbonyl (C=S) groups is 1. The molecule has 2 aromatic rings. The number of hydrogen-bond acceptors (Lipinski definition) is 6. The summed E-state index contributed by atoms with van der Waals surface area (Å²) < 4.78 is 6.32. The predicted molar refractivity (Wildman–Crippen MR) is 119 cm³/mol. The Labute approximate surface area is 185 Å². The minimum atomic E-state index is -0.574. The van der Waals surface area contributed by atoms with Gasteiger partial charge in [-0.1, -0.05) is 28.1 Å². The molecule has 0 aliphatic rings. The number of nitro groups is 1. The van der Waals surface area contributed by atoms with Gasteiger partial charge in [-0.3, -0.25) is 35.9 Å². The van der Waals surface area contributed by atoms with Crippen LogP contribution in [0.2, 0.25) is 0 Å². The standard InChI is InChI=1S/C19H17BrN4O5S/c1-12-9-14(20)6-7-16(12)29-11-18(26)22-23-19(30)21-17(25)8-5-13-3-2-4-15(10-13)24(27)28/h2-10H,11H2,1H3,(H,22,26)(H2,21,23,25,30)/b8-5+. The Morgan fingerprint density at radius 1 is 1.23 bits per heavy atom. The minimum Gasteiger partial charge on any atom is -0.483 e. The smallest absolute Gasteiger partial charge is 0.276 e. The molecule has 30 heavy (non-hydrogen) atoms. The molecule has 0 atom stereocenters. The van der Waals surface area contributed by atoms with Gasteiger partial charge in [-0.05, 0) is 54.5 Å². The molecular formula is C19H17BrN4O5S. The van der Waals surface area contributed by atoms with Gasteiger partial charge in [0.15, 0.2) is 11.7 Å². The van der Waals surface area contributed by atoms with Crippen LogP contribution >= 0.6 is 28.1 Å². The first-order valence-electron chi connectivity index (χ1n) is 8.46. The monoisotopic (exact) mass is 492 g/mol. The summed E-state index contributed by atoms with van der Waals surface area (Å²) in [5.41, 5.74) is 5.95. The molecule has 3 N–H and O–H groups in total. The third-order valence-corrected chi connectivity index (χ3v) is 4.25. The second-order valence-electron chi connectivity index (χ2n) is 5.88. The number of nitrogens with one attached hydrogen (secondary N) is 3. The topological polar surface area (TPSA) is 123 Å². The Hall–Kier alpha value is -3.31. The largest absolute Gasteiger partial charge is 0.483 e. The number of hydrogen-bond donors (Lipinski definition) is 3. The van der Waals surface area contributed by atoms with Crippen molar-refractivity contribution in [2.75, 3.05) is 6.61 Å². The highest BCUT2D eigenvalue weighted by atomic mass is 79.9. The summed E-state index contributed by atoms with van der Waals surface area (Å²) in [6, 6.07) is 11.2. The van der Waals surface area contributed by atoms with E-state index in [1.54, 1.807) is 18.2 Å².